The van der Waals surface area contributed by atoms with Gasteiger partial charge in [-0.05, 0) is 118 Å². The average Bonchev–Trinajstić information content (AvgIpc) is 3.37. The van der Waals surface area contributed by atoms with Crippen LogP contribution in [0.3, 0.4) is 0 Å². The summed E-state index contributed by atoms with van der Waals surface area (Å²) in [5, 5.41) is 0. The zero-order valence-electron chi connectivity index (χ0n) is 36.2. The molecule has 0 nitrogen and oxygen atoms in total. The lowest BCUT2D eigenvalue weighted by molar-refractivity contribution is 0.491. The van der Waals surface area contributed by atoms with Crippen molar-refractivity contribution in [3.63, 3.8) is 0 Å². The topological polar surface area (TPSA) is 0 Å². The molecule has 0 unspecified atom stereocenters. The van der Waals surface area contributed by atoms with Crippen LogP contribution in [0, 0.1) is 83.1 Å². The van der Waals surface area contributed by atoms with Crippen molar-refractivity contribution in [1.29, 1.82) is 0 Å². The highest BCUT2D eigenvalue weighted by molar-refractivity contribution is 6.97. The molecule has 0 saturated carbocycles. The van der Waals surface area contributed by atoms with Gasteiger partial charge in [-0.25, -0.2) is 0 Å². The predicted molar refractivity (Wildman–Crippen MR) is 245 cm³/mol. The molecule has 278 valence electrons. The summed E-state index contributed by atoms with van der Waals surface area (Å²) in [6.07, 6.45) is 2.12. The van der Waals surface area contributed by atoms with Crippen molar-refractivity contribution in [1.82, 2.24) is 0 Å². The van der Waals surface area contributed by atoms with E-state index in [0.717, 1.165) is 12.8 Å². The van der Waals surface area contributed by atoms with Gasteiger partial charge in [-0.3, -0.25) is 0 Å². The van der Waals surface area contributed by atoms with Gasteiger partial charge in [-0.1, -0.05) is 198 Å². The van der Waals surface area contributed by atoms with E-state index in [1.165, 1.54) is 122 Å². The monoisotopic (exact) mass is 718 g/mol. The number of rotatable bonds is 8. The minimum atomic E-state index is -0.0742. The Morgan fingerprint density at radius 2 is 0.582 bits per heavy atom. The predicted octanol–water partition coefficient (Wildman–Crippen LogP) is 9.51. The van der Waals surface area contributed by atoms with Crippen LogP contribution in [-0.2, 0) is 5.41 Å². The minimum Gasteiger partial charge on any atom is -0.0683 e. The van der Waals surface area contributed by atoms with E-state index in [1.54, 1.807) is 0 Å². The van der Waals surface area contributed by atoms with Gasteiger partial charge in [0.25, 0.3) is 0 Å². The van der Waals surface area contributed by atoms with E-state index in [-0.39, 0.29) is 18.8 Å². The van der Waals surface area contributed by atoms with E-state index in [2.05, 4.69) is 182 Å². The molecule has 1 aliphatic carbocycles. The van der Waals surface area contributed by atoms with Gasteiger partial charge in [0.15, 0.2) is 0 Å². The quantitative estimate of drug-likeness (QED) is 0.138. The third-order valence-electron chi connectivity index (χ3n) is 13.4. The number of fused-ring (bicyclic) bond motifs is 3. The van der Waals surface area contributed by atoms with Crippen LogP contribution in [0.5, 0.6) is 0 Å². The summed E-state index contributed by atoms with van der Waals surface area (Å²) in [5.41, 5.74) is 30.7. The van der Waals surface area contributed by atoms with Crippen molar-refractivity contribution in [2.75, 3.05) is 0 Å². The van der Waals surface area contributed by atoms with Gasteiger partial charge in [0.05, 0.1) is 0 Å². The molecule has 0 bridgehead atoms. The van der Waals surface area contributed by atoms with Gasteiger partial charge >= 0.3 is 0 Å². The largest absolute Gasteiger partial charge is 0.242 e. The minimum absolute atomic E-state index is 0.0742. The summed E-state index contributed by atoms with van der Waals surface area (Å²) in [5.74, 6) is 0. The molecule has 0 aromatic heterocycles. The van der Waals surface area contributed by atoms with Crippen molar-refractivity contribution in [3.05, 3.63) is 163 Å². The van der Waals surface area contributed by atoms with E-state index in [0.29, 0.717) is 0 Å². The van der Waals surface area contributed by atoms with Gasteiger partial charge < -0.3 is 0 Å². The first-order valence-corrected chi connectivity index (χ1v) is 20.7. The highest BCUT2D eigenvalue weighted by Crippen LogP contribution is 2.52. The Labute approximate surface area is 334 Å². The molecular formula is C53H60B2. The third kappa shape index (κ3) is 6.44. The normalized spacial score (nSPS) is 12.8. The highest BCUT2D eigenvalue weighted by atomic mass is 14.4. The fraction of sp³-hybridized carbons (Fsp3) is 0.321. The number of hydrogen-bond donors (Lipinski definition) is 0. The van der Waals surface area contributed by atoms with Gasteiger partial charge in [0.2, 0.25) is 13.4 Å². The second-order valence-corrected chi connectivity index (χ2v) is 17.5. The molecular weight excluding hydrogens is 658 g/mol. The Balaban J connectivity index is 1.47. The zero-order valence-corrected chi connectivity index (χ0v) is 36.2. The van der Waals surface area contributed by atoms with Crippen LogP contribution in [0.2, 0.25) is 0 Å². The summed E-state index contributed by atoms with van der Waals surface area (Å²) in [6, 6.07) is 34.2. The van der Waals surface area contributed by atoms with Crippen LogP contribution in [0.15, 0.2) is 84.9 Å². The first-order valence-electron chi connectivity index (χ1n) is 20.7. The molecule has 0 saturated heterocycles. The van der Waals surface area contributed by atoms with E-state index < -0.39 is 0 Å². The maximum absolute atomic E-state index is 2.63. The molecule has 6 aromatic carbocycles. The second kappa shape index (κ2) is 14.5. The lowest BCUT2D eigenvalue weighted by atomic mass is 9.34. The number of benzene rings is 6. The Morgan fingerprint density at radius 3 is 0.800 bits per heavy atom. The molecule has 2 heteroatoms. The maximum atomic E-state index is 2.63. The average molecular weight is 719 g/mol. The standard InChI is InChI=1S/C53H60B2/c1-15-53(16-2)47-29-43(54(49-35(7)21-31(3)22-36(49)8)50-37(9)23-32(4)24-38(50)10)17-19-45(47)46-20-18-44(30-48(46)53)55(51-39(11)25-33(5)26-40(51)12)52-41(13)27-34(6)28-42(52)14/h17-30H,15-16H2,1-14H3. The first-order chi connectivity index (χ1) is 26.1. The van der Waals surface area contributed by atoms with E-state index in [4.69, 9.17) is 0 Å². The molecule has 1 aliphatic rings. The van der Waals surface area contributed by atoms with Crippen LogP contribution >= 0.6 is 0 Å². The SMILES string of the molecule is CCC1(CC)c2cc(B(c3c(C)cc(C)cc3C)c3c(C)cc(C)cc3C)ccc2-c2ccc(B(c3c(C)cc(C)cc3C)c3c(C)cc(C)cc3C)cc21. The Hall–Kier alpha value is -4.55. The molecule has 7 rings (SSSR count). The van der Waals surface area contributed by atoms with Crippen molar-refractivity contribution in [2.45, 2.75) is 115 Å². The molecule has 0 radical (unpaired) electrons. The summed E-state index contributed by atoms with van der Waals surface area (Å²) in [4.78, 5) is 0. The Bertz CT molecular complexity index is 2110. The summed E-state index contributed by atoms with van der Waals surface area (Å²) in [6.45, 7) is 32.6. The lowest BCUT2D eigenvalue weighted by Gasteiger charge is -2.32. The van der Waals surface area contributed by atoms with E-state index in [1.807, 2.05) is 0 Å². The molecule has 0 aliphatic heterocycles. The van der Waals surface area contributed by atoms with Crippen LogP contribution in [0.25, 0.3) is 11.1 Å². The highest BCUT2D eigenvalue weighted by Gasteiger charge is 2.43. The van der Waals surface area contributed by atoms with Gasteiger partial charge in [0, 0.05) is 5.41 Å². The van der Waals surface area contributed by atoms with Crippen molar-refractivity contribution < 1.29 is 0 Å². The van der Waals surface area contributed by atoms with Gasteiger partial charge in [-0.15, -0.1) is 0 Å². The van der Waals surface area contributed by atoms with E-state index in [9.17, 15) is 0 Å². The Kier molecular flexibility index (Phi) is 10.2. The zero-order chi connectivity index (χ0) is 39.7. The first kappa shape index (κ1) is 38.7. The van der Waals surface area contributed by atoms with Crippen LogP contribution in [0.1, 0.15) is 105 Å². The maximum Gasteiger partial charge on any atom is 0.242 e. The molecule has 55 heavy (non-hydrogen) atoms. The van der Waals surface area contributed by atoms with Crippen LogP contribution in [-0.4, -0.2) is 13.4 Å². The van der Waals surface area contributed by atoms with Crippen LogP contribution in [0.4, 0.5) is 0 Å². The van der Waals surface area contributed by atoms with Crippen molar-refractivity contribution in [2.24, 2.45) is 0 Å². The molecule has 6 aromatic rings. The van der Waals surface area contributed by atoms with Gasteiger partial charge in [0.1, 0.15) is 0 Å². The molecule has 0 fully saturated rings. The van der Waals surface area contributed by atoms with Crippen molar-refractivity contribution in [3.8, 4) is 11.1 Å². The van der Waals surface area contributed by atoms with Crippen LogP contribution < -0.4 is 32.8 Å². The summed E-state index contributed by atoms with van der Waals surface area (Å²) in [7, 11) is 0. The summed E-state index contributed by atoms with van der Waals surface area (Å²) >= 11 is 0. The summed E-state index contributed by atoms with van der Waals surface area (Å²) < 4.78 is 0. The number of hydrogen-bond acceptors (Lipinski definition) is 0. The molecule has 0 atom stereocenters. The Morgan fingerprint density at radius 1 is 0.345 bits per heavy atom. The lowest BCUT2D eigenvalue weighted by Crippen LogP contribution is -2.56. The van der Waals surface area contributed by atoms with E-state index >= 15 is 0 Å². The van der Waals surface area contributed by atoms with Crippen molar-refractivity contribution >= 4 is 46.2 Å². The molecule has 0 heterocycles. The fourth-order valence-electron chi connectivity index (χ4n) is 11.4. The van der Waals surface area contributed by atoms with Gasteiger partial charge in [-0.2, -0.15) is 0 Å². The fourth-order valence-corrected chi connectivity index (χ4v) is 11.4. The second-order valence-electron chi connectivity index (χ2n) is 17.5. The molecule has 0 amide bonds. The number of aryl methyl sites for hydroxylation is 12. The molecule has 0 spiro atoms. The molecule has 0 N–H and O–H groups in total. The third-order valence-corrected chi connectivity index (χ3v) is 13.4. The smallest absolute Gasteiger partial charge is 0.0683 e.